The highest BCUT2D eigenvalue weighted by Crippen LogP contribution is 2.10. The molecule has 0 saturated heterocycles. The predicted molar refractivity (Wildman–Crippen MR) is 118 cm³/mol. The van der Waals surface area contributed by atoms with Crippen LogP contribution in [0.1, 0.15) is 12.0 Å². The SMILES string of the molecule is CN=C(NCCCS(=O)(=O)c1ccccc1)NCCc1ccccc1F.I. The zero-order valence-electron chi connectivity index (χ0n) is 15.2. The summed E-state index contributed by atoms with van der Waals surface area (Å²) in [5, 5.41) is 6.17. The van der Waals surface area contributed by atoms with E-state index in [1.165, 1.54) is 6.07 Å². The van der Waals surface area contributed by atoms with E-state index in [1.807, 2.05) is 0 Å². The van der Waals surface area contributed by atoms with E-state index in [-0.39, 0.29) is 35.5 Å². The van der Waals surface area contributed by atoms with Gasteiger partial charge in [-0.2, -0.15) is 0 Å². The van der Waals surface area contributed by atoms with Gasteiger partial charge in [-0.05, 0) is 36.6 Å². The summed E-state index contributed by atoms with van der Waals surface area (Å²) in [6.45, 7) is 1.01. The molecular formula is C19H25FIN3O2S. The van der Waals surface area contributed by atoms with Gasteiger partial charge in [0, 0.05) is 20.1 Å². The van der Waals surface area contributed by atoms with E-state index in [2.05, 4.69) is 15.6 Å². The number of aliphatic imine (C=N–C) groups is 1. The van der Waals surface area contributed by atoms with Crippen molar-refractivity contribution in [1.82, 2.24) is 10.6 Å². The molecule has 0 aliphatic carbocycles. The van der Waals surface area contributed by atoms with Gasteiger partial charge >= 0.3 is 0 Å². The molecule has 8 heteroatoms. The normalized spacial score (nSPS) is 11.6. The van der Waals surface area contributed by atoms with Gasteiger partial charge in [0.2, 0.25) is 0 Å². The van der Waals surface area contributed by atoms with Crippen LogP contribution in [0.2, 0.25) is 0 Å². The minimum Gasteiger partial charge on any atom is -0.356 e. The second-order valence-electron chi connectivity index (χ2n) is 5.75. The Hall–Kier alpha value is -1.68. The first-order chi connectivity index (χ1) is 12.5. The van der Waals surface area contributed by atoms with Crippen molar-refractivity contribution in [3.05, 3.63) is 66.0 Å². The number of rotatable bonds is 8. The van der Waals surface area contributed by atoms with Crippen LogP contribution in [-0.4, -0.2) is 40.3 Å². The lowest BCUT2D eigenvalue weighted by Crippen LogP contribution is -2.39. The lowest BCUT2D eigenvalue weighted by atomic mass is 10.1. The van der Waals surface area contributed by atoms with Gasteiger partial charge in [-0.25, -0.2) is 12.8 Å². The highest BCUT2D eigenvalue weighted by molar-refractivity contribution is 14.0. The van der Waals surface area contributed by atoms with Gasteiger partial charge in [0.25, 0.3) is 0 Å². The molecular weight excluding hydrogens is 480 g/mol. The molecule has 0 bridgehead atoms. The third-order valence-corrected chi connectivity index (χ3v) is 5.67. The highest BCUT2D eigenvalue weighted by Gasteiger charge is 2.13. The van der Waals surface area contributed by atoms with Crippen LogP contribution in [0.15, 0.2) is 64.5 Å². The maximum absolute atomic E-state index is 13.6. The molecule has 0 aromatic heterocycles. The third-order valence-electron chi connectivity index (χ3n) is 3.85. The fourth-order valence-electron chi connectivity index (χ4n) is 2.45. The fraction of sp³-hybridized carbons (Fsp3) is 0.316. The van der Waals surface area contributed by atoms with Crippen molar-refractivity contribution < 1.29 is 12.8 Å². The lowest BCUT2D eigenvalue weighted by molar-refractivity contribution is 0.592. The topological polar surface area (TPSA) is 70.6 Å². The average Bonchev–Trinajstić information content (AvgIpc) is 2.66. The molecule has 0 aliphatic rings. The quantitative estimate of drug-likeness (QED) is 0.251. The summed E-state index contributed by atoms with van der Waals surface area (Å²) in [4.78, 5) is 4.43. The zero-order valence-corrected chi connectivity index (χ0v) is 18.3. The van der Waals surface area contributed by atoms with Gasteiger partial charge in [-0.3, -0.25) is 4.99 Å². The molecule has 0 spiro atoms. The number of nitrogens with one attached hydrogen (secondary N) is 2. The Morgan fingerprint density at radius 2 is 1.63 bits per heavy atom. The van der Waals surface area contributed by atoms with Gasteiger partial charge in [-0.1, -0.05) is 36.4 Å². The van der Waals surface area contributed by atoms with Crippen LogP contribution in [0.4, 0.5) is 4.39 Å². The summed E-state index contributed by atoms with van der Waals surface area (Å²) in [7, 11) is -1.63. The molecule has 2 N–H and O–H groups in total. The molecule has 27 heavy (non-hydrogen) atoms. The van der Waals surface area contributed by atoms with Crippen molar-refractivity contribution >= 4 is 39.8 Å². The molecule has 0 amide bonds. The Morgan fingerprint density at radius 3 is 2.30 bits per heavy atom. The predicted octanol–water partition coefficient (Wildman–Crippen LogP) is 3.02. The van der Waals surface area contributed by atoms with Crippen LogP contribution in [0.5, 0.6) is 0 Å². The highest BCUT2D eigenvalue weighted by atomic mass is 127. The summed E-state index contributed by atoms with van der Waals surface area (Å²) in [6, 6.07) is 15.1. The number of nitrogens with zero attached hydrogens (tertiary/aromatic N) is 1. The van der Waals surface area contributed by atoms with Gasteiger partial charge in [-0.15, -0.1) is 24.0 Å². The molecule has 5 nitrogen and oxygen atoms in total. The molecule has 0 saturated carbocycles. The van der Waals surface area contributed by atoms with Crippen LogP contribution in [0, 0.1) is 5.82 Å². The van der Waals surface area contributed by atoms with Gasteiger partial charge in [0.1, 0.15) is 5.82 Å². The Balaban J connectivity index is 0.00000364. The third kappa shape index (κ3) is 7.84. The molecule has 0 atom stereocenters. The summed E-state index contributed by atoms with van der Waals surface area (Å²) in [5.74, 6) is 0.415. The number of sulfone groups is 1. The molecule has 148 valence electrons. The van der Waals surface area contributed by atoms with E-state index in [0.29, 0.717) is 42.3 Å². The molecule has 0 fully saturated rings. The first kappa shape index (κ1) is 23.4. The summed E-state index contributed by atoms with van der Waals surface area (Å²) in [6.07, 6.45) is 1.00. The van der Waals surface area contributed by atoms with E-state index in [0.717, 1.165) is 0 Å². The second kappa shape index (κ2) is 11.9. The summed E-state index contributed by atoms with van der Waals surface area (Å²) in [5.41, 5.74) is 0.643. The molecule has 0 heterocycles. The monoisotopic (exact) mass is 505 g/mol. The van der Waals surface area contributed by atoms with E-state index in [9.17, 15) is 12.8 Å². The zero-order chi connectivity index (χ0) is 18.8. The van der Waals surface area contributed by atoms with Crippen LogP contribution >= 0.6 is 24.0 Å². The Bertz CT molecular complexity index is 830. The average molecular weight is 505 g/mol. The maximum atomic E-state index is 13.6. The Labute approximate surface area is 177 Å². The van der Waals surface area contributed by atoms with Crippen LogP contribution in [0.25, 0.3) is 0 Å². The van der Waals surface area contributed by atoms with Crippen LogP contribution in [-0.2, 0) is 16.3 Å². The van der Waals surface area contributed by atoms with E-state index in [4.69, 9.17) is 0 Å². The van der Waals surface area contributed by atoms with E-state index >= 15 is 0 Å². The van der Waals surface area contributed by atoms with Crippen molar-refractivity contribution in [2.75, 3.05) is 25.9 Å². The minimum absolute atomic E-state index is 0. The lowest BCUT2D eigenvalue weighted by Gasteiger charge is -2.12. The van der Waals surface area contributed by atoms with Crippen molar-refractivity contribution in [3.8, 4) is 0 Å². The smallest absolute Gasteiger partial charge is 0.190 e. The molecule has 0 radical (unpaired) electrons. The standard InChI is InChI=1S/C19H24FN3O2S.HI/c1-21-19(23-14-12-16-8-5-6-11-18(16)20)22-13-7-15-26(24,25)17-9-3-2-4-10-17;/h2-6,8-11H,7,12-15H2,1H3,(H2,21,22,23);1H. The number of guanidine groups is 1. The Kier molecular flexibility index (Phi) is 10.3. The van der Waals surface area contributed by atoms with Crippen molar-refractivity contribution in [2.45, 2.75) is 17.7 Å². The fourth-order valence-corrected chi connectivity index (χ4v) is 3.78. The first-order valence-corrected chi connectivity index (χ1v) is 10.1. The Morgan fingerprint density at radius 1 is 1.00 bits per heavy atom. The number of hydrogen-bond donors (Lipinski definition) is 2. The molecule has 2 aromatic carbocycles. The van der Waals surface area contributed by atoms with Gasteiger partial charge < -0.3 is 10.6 Å². The number of benzene rings is 2. The largest absolute Gasteiger partial charge is 0.356 e. The van der Waals surface area contributed by atoms with Gasteiger partial charge in [0.05, 0.1) is 10.6 Å². The summed E-state index contributed by atoms with van der Waals surface area (Å²) >= 11 is 0. The second-order valence-corrected chi connectivity index (χ2v) is 7.86. The minimum atomic E-state index is -3.26. The van der Waals surface area contributed by atoms with E-state index < -0.39 is 9.84 Å². The van der Waals surface area contributed by atoms with Crippen molar-refractivity contribution in [1.29, 1.82) is 0 Å². The summed E-state index contributed by atoms with van der Waals surface area (Å²) < 4.78 is 38.0. The molecule has 0 unspecified atom stereocenters. The molecule has 0 aliphatic heterocycles. The van der Waals surface area contributed by atoms with Crippen molar-refractivity contribution in [3.63, 3.8) is 0 Å². The maximum Gasteiger partial charge on any atom is 0.190 e. The number of hydrogen-bond acceptors (Lipinski definition) is 3. The first-order valence-electron chi connectivity index (χ1n) is 8.48. The van der Waals surface area contributed by atoms with Crippen molar-refractivity contribution in [2.24, 2.45) is 4.99 Å². The van der Waals surface area contributed by atoms with E-state index in [1.54, 1.807) is 55.6 Å². The number of halogens is 2. The molecule has 2 aromatic rings. The van der Waals surface area contributed by atoms with Crippen LogP contribution in [0.3, 0.4) is 0 Å². The molecule has 2 rings (SSSR count). The van der Waals surface area contributed by atoms with Crippen LogP contribution < -0.4 is 10.6 Å². The van der Waals surface area contributed by atoms with Gasteiger partial charge in [0.15, 0.2) is 15.8 Å².